The molecule has 0 aromatic carbocycles. The first-order chi connectivity index (χ1) is 8.90. The average molecular weight is 323 g/mol. The van der Waals surface area contributed by atoms with E-state index in [-0.39, 0.29) is 21.1 Å². The van der Waals surface area contributed by atoms with Crippen LogP contribution in [0.3, 0.4) is 0 Å². The molecule has 4 nitrogen and oxygen atoms in total. The van der Waals surface area contributed by atoms with Gasteiger partial charge in [-0.1, -0.05) is 43.0 Å². The van der Waals surface area contributed by atoms with E-state index in [1.165, 1.54) is 12.3 Å². The molecule has 1 N–H and O–H groups in total. The summed E-state index contributed by atoms with van der Waals surface area (Å²) in [7, 11) is -3.59. The zero-order valence-electron chi connectivity index (χ0n) is 10.6. The van der Waals surface area contributed by atoms with E-state index < -0.39 is 10.0 Å². The van der Waals surface area contributed by atoms with Crippen molar-refractivity contribution in [2.45, 2.75) is 43.5 Å². The van der Waals surface area contributed by atoms with Gasteiger partial charge in [0.15, 0.2) is 0 Å². The van der Waals surface area contributed by atoms with Gasteiger partial charge in [-0.3, -0.25) is 0 Å². The molecule has 106 valence electrons. The summed E-state index contributed by atoms with van der Waals surface area (Å²) in [6, 6.07) is 1.31. The minimum absolute atomic E-state index is 0.0202. The molecule has 1 fully saturated rings. The van der Waals surface area contributed by atoms with Gasteiger partial charge in [0.2, 0.25) is 10.0 Å². The molecule has 0 saturated heterocycles. The number of sulfonamides is 1. The molecule has 1 saturated carbocycles. The largest absolute Gasteiger partial charge is 0.242 e. The van der Waals surface area contributed by atoms with Crippen molar-refractivity contribution in [2.75, 3.05) is 0 Å². The van der Waals surface area contributed by atoms with Gasteiger partial charge >= 0.3 is 0 Å². The molecular formula is C12H16Cl2N2O2S. The van der Waals surface area contributed by atoms with Crippen molar-refractivity contribution < 1.29 is 8.42 Å². The van der Waals surface area contributed by atoms with Crippen molar-refractivity contribution in [2.24, 2.45) is 5.92 Å². The third-order valence-electron chi connectivity index (χ3n) is 3.50. The summed E-state index contributed by atoms with van der Waals surface area (Å²) in [5.74, 6) is 0.347. The predicted octanol–water partition coefficient (Wildman–Crippen LogP) is 3.25. The Bertz CT molecular complexity index is 563. The van der Waals surface area contributed by atoms with Crippen LogP contribution in [-0.2, 0) is 10.0 Å². The fraction of sp³-hybridized carbons (Fsp3) is 0.583. The predicted molar refractivity (Wildman–Crippen MR) is 76.0 cm³/mol. The summed E-state index contributed by atoms with van der Waals surface area (Å²) in [4.78, 5) is 3.83. The van der Waals surface area contributed by atoms with Crippen LogP contribution in [0.4, 0.5) is 0 Å². The first kappa shape index (κ1) is 15.0. The van der Waals surface area contributed by atoms with Gasteiger partial charge in [0.05, 0.1) is 5.02 Å². The van der Waals surface area contributed by atoms with E-state index >= 15 is 0 Å². The Kier molecular flexibility index (Phi) is 4.71. The standard InChI is InChI=1S/C12H16Cl2N2O2S/c1-8-4-2-3-5-11(8)16-19(17,18)9-6-10(13)12(14)15-7-9/h6-8,11,16H,2-5H2,1H3. The van der Waals surface area contributed by atoms with Gasteiger partial charge in [-0.05, 0) is 24.8 Å². The number of rotatable bonds is 3. The highest BCUT2D eigenvalue weighted by Gasteiger charge is 2.27. The zero-order chi connectivity index (χ0) is 14.0. The first-order valence-electron chi connectivity index (χ1n) is 6.23. The highest BCUT2D eigenvalue weighted by molar-refractivity contribution is 7.89. The van der Waals surface area contributed by atoms with E-state index in [4.69, 9.17) is 23.2 Å². The highest BCUT2D eigenvalue weighted by Crippen LogP contribution is 2.26. The van der Waals surface area contributed by atoms with Crippen LogP contribution in [0.1, 0.15) is 32.6 Å². The fourth-order valence-electron chi connectivity index (χ4n) is 2.31. The lowest BCUT2D eigenvalue weighted by molar-refractivity contribution is 0.310. The molecule has 1 heterocycles. The van der Waals surface area contributed by atoms with Gasteiger partial charge in [0, 0.05) is 12.2 Å². The minimum Gasteiger partial charge on any atom is -0.242 e. The molecular weight excluding hydrogens is 307 g/mol. The summed E-state index contributed by atoms with van der Waals surface area (Å²) in [5, 5.41) is 0.243. The van der Waals surface area contributed by atoms with E-state index in [0.29, 0.717) is 5.92 Å². The molecule has 1 aliphatic carbocycles. The van der Waals surface area contributed by atoms with Crippen LogP contribution in [0.5, 0.6) is 0 Å². The molecule has 2 unspecified atom stereocenters. The Labute approximate surface area is 123 Å². The van der Waals surface area contributed by atoms with Gasteiger partial charge in [0.1, 0.15) is 10.0 Å². The van der Waals surface area contributed by atoms with E-state index in [9.17, 15) is 8.42 Å². The fourth-order valence-corrected chi connectivity index (χ4v) is 3.99. The molecule has 2 atom stereocenters. The number of halogens is 2. The highest BCUT2D eigenvalue weighted by atomic mass is 35.5. The molecule has 0 bridgehead atoms. The molecule has 0 radical (unpaired) electrons. The van der Waals surface area contributed by atoms with Gasteiger partial charge in [-0.15, -0.1) is 0 Å². The Balaban J connectivity index is 2.19. The molecule has 19 heavy (non-hydrogen) atoms. The SMILES string of the molecule is CC1CCCCC1NS(=O)(=O)c1cnc(Cl)c(Cl)c1. The van der Waals surface area contributed by atoms with Crippen molar-refractivity contribution in [3.05, 3.63) is 22.4 Å². The monoisotopic (exact) mass is 322 g/mol. The minimum atomic E-state index is -3.59. The van der Waals surface area contributed by atoms with E-state index in [1.807, 2.05) is 0 Å². The van der Waals surface area contributed by atoms with Crippen molar-refractivity contribution >= 4 is 33.2 Å². The second kappa shape index (κ2) is 5.95. The maximum atomic E-state index is 12.3. The zero-order valence-corrected chi connectivity index (χ0v) is 12.9. The van der Waals surface area contributed by atoms with Crippen LogP contribution in [-0.4, -0.2) is 19.4 Å². The summed E-state index contributed by atoms with van der Waals surface area (Å²) >= 11 is 11.5. The van der Waals surface area contributed by atoms with Crippen LogP contribution in [0, 0.1) is 5.92 Å². The maximum absolute atomic E-state index is 12.3. The topological polar surface area (TPSA) is 59.1 Å². The summed E-state index contributed by atoms with van der Waals surface area (Å²) < 4.78 is 27.3. The van der Waals surface area contributed by atoms with Crippen molar-refractivity contribution in [3.63, 3.8) is 0 Å². The number of aromatic nitrogens is 1. The van der Waals surface area contributed by atoms with E-state index in [0.717, 1.165) is 25.7 Å². The molecule has 7 heteroatoms. The van der Waals surface area contributed by atoms with Crippen LogP contribution in [0.2, 0.25) is 10.2 Å². The normalized spacial score (nSPS) is 24.4. The van der Waals surface area contributed by atoms with Gasteiger partial charge in [0.25, 0.3) is 0 Å². The smallest absolute Gasteiger partial charge is 0.242 e. The lowest BCUT2D eigenvalue weighted by atomic mass is 9.87. The lowest BCUT2D eigenvalue weighted by Crippen LogP contribution is -2.41. The van der Waals surface area contributed by atoms with Crippen molar-refractivity contribution in [1.29, 1.82) is 0 Å². The molecule has 0 spiro atoms. The molecule has 2 rings (SSSR count). The van der Waals surface area contributed by atoms with Crippen LogP contribution >= 0.6 is 23.2 Å². The quantitative estimate of drug-likeness (QED) is 0.869. The second-order valence-corrected chi connectivity index (χ2v) is 7.41. The number of nitrogens with one attached hydrogen (secondary N) is 1. The van der Waals surface area contributed by atoms with E-state index in [2.05, 4.69) is 16.6 Å². The Morgan fingerprint density at radius 3 is 2.63 bits per heavy atom. The molecule has 1 aliphatic rings. The number of pyridine rings is 1. The summed E-state index contributed by atoms with van der Waals surface area (Å²) in [5.41, 5.74) is 0. The first-order valence-corrected chi connectivity index (χ1v) is 8.47. The lowest BCUT2D eigenvalue weighted by Gasteiger charge is -2.29. The average Bonchev–Trinajstić information content (AvgIpc) is 2.35. The number of nitrogens with zero attached hydrogens (tertiary/aromatic N) is 1. The summed E-state index contributed by atoms with van der Waals surface area (Å²) in [6.45, 7) is 2.07. The molecule has 1 aromatic rings. The molecule has 0 amide bonds. The number of hydrogen-bond acceptors (Lipinski definition) is 3. The van der Waals surface area contributed by atoms with Crippen molar-refractivity contribution in [1.82, 2.24) is 9.71 Å². The number of hydrogen-bond donors (Lipinski definition) is 1. The van der Waals surface area contributed by atoms with Gasteiger partial charge < -0.3 is 0 Å². The summed E-state index contributed by atoms with van der Waals surface area (Å²) in [6.07, 6.45) is 5.36. The Morgan fingerprint density at radius 1 is 1.32 bits per heavy atom. The van der Waals surface area contributed by atoms with Gasteiger partial charge in [-0.2, -0.15) is 0 Å². The third kappa shape index (κ3) is 3.60. The van der Waals surface area contributed by atoms with Crippen LogP contribution in [0.25, 0.3) is 0 Å². The van der Waals surface area contributed by atoms with Crippen LogP contribution < -0.4 is 4.72 Å². The second-order valence-electron chi connectivity index (χ2n) is 4.93. The Hall–Kier alpha value is -0.360. The maximum Gasteiger partial charge on any atom is 0.242 e. The Morgan fingerprint density at radius 2 is 2.00 bits per heavy atom. The molecule has 0 aliphatic heterocycles. The third-order valence-corrected chi connectivity index (χ3v) is 5.64. The van der Waals surface area contributed by atoms with E-state index in [1.54, 1.807) is 0 Å². The van der Waals surface area contributed by atoms with Gasteiger partial charge in [-0.25, -0.2) is 18.1 Å². The molecule has 1 aromatic heterocycles. The van der Waals surface area contributed by atoms with Crippen LogP contribution in [0.15, 0.2) is 17.2 Å². The van der Waals surface area contributed by atoms with Crippen molar-refractivity contribution in [3.8, 4) is 0 Å².